The molecule has 1 nitrogen and oxygen atoms in total. The fraction of sp³-hybridized carbons (Fsp3) is 0.571. The summed E-state index contributed by atoms with van der Waals surface area (Å²) >= 11 is 3.51. The van der Waals surface area contributed by atoms with Crippen molar-refractivity contribution in [2.45, 2.75) is 44.6 Å². The molecule has 0 bridgehead atoms. The molecule has 1 aliphatic rings. The van der Waals surface area contributed by atoms with Gasteiger partial charge in [-0.1, -0.05) is 53.7 Å². The Balaban J connectivity index is 2.10. The zero-order valence-corrected chi connectivity index (χ0v) is 11.5. The van der Waals surface area contributed by atoms with E-state index < -0.39 is 0 Å². The first-order valence-corrected chi connectivity index (χ1v) is 6.92. The van der Waals surface area contributed by atoms with Crippen molar-refractivity contribution < 1.29 is 0 Å². The third-order valence-corrected chi connectivity index (χ3v) is 4.16. The summed E-state index contributed by atoms with van der Waals surface area (Å²) in [5, 5.41) is 0. The van der Waals surface area contributed by atoms with E-state index in [1.165, 1.54) is 31.2 Å². The van der Waals surface area contributed by atoms with Crippen LogP contribution in [0.15, 0.2) is 28.7 Å². The average Bonchev–Trinajstić information content (AvgIpc) is 2.70. The van der Waals surface area contributed by atoms with E-state index in [2.05, 4.69) is 47.1 Å². The molecule has 16 heavy (non-hydrogen) atoms. The van der Waals surface area contributed by atoms with Crippen molar-refractivity contribution in [1.29, 1.82) is 0 Å². The smallest absolute Gasteiger partial charge is 0.0384 e. The number of hydrogen-bond donors (Lipinski definition) is 1. The van der Waals surface area contributed by atoms with Crippen molar-refractivity contribution in [2.75, 3.05) is 0 Å². The Labute approximate surface area is 107 Å². The number of hydrogen-bond acceptors (Lipinski definition) is 1. The van der Waals surface area contributed by atoms with Crippen LogP contribution in [0.4, 0.5) is 0 Å². The molecule has 0 saturated heterocycles. The normalized spacial score (nSPS) is 20.9. The number of halogens is 1. The minimum absolute atomic E-state index is 0.182. The molecule has 0 spiro atoms. The Morgan fingerprint density at radius 1 is 1.38 bits per heavy atom. The molecule has 1 aliphatic carbocycles. The SMILES string of the molecule is CC(N)(CC1CCCC1)c1cccc(Br)c1. The van der Waals surface area contributed by atoms with Crippen LogP contribution in [-0.2, 0) is 5.54 Å². The summed E-state index contributed by atoms with van der Waals surface area (Å²) in [4.78, 5) is 0. The molecule has 1 atom stereocenters. The van der Waals surface area contributed by atoms with E-state index >= 15 is 0 Å². The van der Waals surface area contributed by atoms with Crippen molar-refractivity contribution in [3.8, 4) is 0 Å². The van der Waals surface area contributed by atoms with Crippen LogP contribution in [0.25, 0.3) is 0 Å². The van der Waals surface area contributed by atoms with Crippen molar-refractivity contribution in [1.82, 2.24) is 0 Å². The van der Waals surface area contributed by atoms with Crippen molar-refractivity contribution in [3.63, 3.8) is 0 Å². The summed E-state index contributed by atoms with van der Waals surface area (Å²) < 4.78 is 1.12. The highest BCUT2D eigenvalue weighted by Gasteiger charge is 2.27. The van der Waals surface area contributed by atoms with Gasteiger partial charge in [0, 0.05) is 10.0 Å². The maximum Gasteiger partial charge on any atom is 0.0384 e. The summed E-state index contributed by atoms with van der Waals surface area (Å²) in [6.07, 6.45) is 6.61. The van der Waals surface area contributed by atoms with E-state index in [1.54, 1.807) is 0 Å². The molecule has 1 aromatic carbocycles. The summed E-state index contributed by atoms with van der Waals surface area (Å²) in [5.41, 5.74) is 7.53. The average molecular weight is 282 g/mol. The molecule has 0 aromatic heterocycles. The van der Waals surface area contributed by atoms with Crippen molar-refractivity contribution >= 4 is 15.9 Å². The van der Waals surface area contributed by atoms with Gasteiger partial charge in [0.05, 0.1) is 0 Å². The van der Waals surface area contributed by atoms with Crippen LogP contribution in [0.3, 0.4) is 0 Å². The van der Waals surface area contributed by atoms with Gasteiger partial charge in [0.1, 0.15) is 0 Å². The fourth-order valence-corrected chi connectivity index (χ4v) is 3.17. The van der Waals surface area contributed by atoms with Crippen molar-refractivity contribution in [2.24, 2.45) is 11.7 Å². The maximum absolute atomic E-state index is 6.47. The Hall–Kier alpha value is -0.340. The van der Waals surface area contributed by atoms with E-state index in [9.17, 15) is 0 Å². The van der Waals surface area contributed by atoms with E-state index in [1.807, 2.05) is 0 Å². The summed E-state index contributed by atoms with van der Waals surface area (Å²) in [6, 6.07) is 8.41. The summed E-state index contributed by atoms with van der Waals surface area (Å²) in [6.45, 7) is 2.16. The summed E-state index contributed by atoms with van der Waals surface area (Å²) in [5.74, 6) is 0.828. The predicted octanol–water partition coefficient (Wildman–Crippen LogP) is 4.20. The molecular formula is C14H20BrN. The Bertz CT molecular complexity index is 354. The third-order valence-electron chi connectivity index (χ3n) is 3.67. The van der Waals surface area contributed by atoms with Crippen LogP contribution in [0.2, 0.25) is 0 Å². The molecule has 0 amide bonds. The van der Waals surface area contributed by atoms with Gasteiger partial charge in [0.15, 0.2) is 0 Å². The van der Waals surface area contributed by atoms with Gasteiger partial charge in [0.25, 0.3) is 0 Å². The largest absolute Gasteiger partial charge is 0.322 e. The quantitative estimate of drug-likeness (QED) is 0.883. The molecule has 0 heterocycles. The third kappa shape index (κ3) is 2.86. The minimum Gasteiger partial charge on any atom is -0.322 e. The maximum atomic E-state index is 6.47. The highest BCUT2D eigenvalue weighted by atomic mass is 79.9. The summed E-state index contributed by atoms with van der Waals surface area (Å²) in [7, 11) is 0. The lowest BCUT2D eigenvalue weighted by molar-refractivity contribution is 0.349. The van der Waals surface area contributed by atoms with E-state index in [-0.39, 0.29) is 5.54 Å². The molecular weight excluding hydrogens is 262 g/mol. The highest BCUT2D eigenvalue weighted by Crippen LogP contribution is 2.35. The molecule has 1 fully saturated rings. The Kier molecular flexibility index (Phi) is 3.70. The molecule has 88 valence electrons. The van der Waals surface area contributed by atoms with Gasteiger partial charge >= 0.3 is 0 Å². The lowest BCUT2D eigenvalue weighted by Gasteiger charge is -2.28. The first-order chi connectivity index (χ1) is 7.58. The molecule has 0 aliphatic heterocycles. The fourth-order valence-electron chi connectivity index (χ4n) is 2.78. The van der Waals surface area contributed by atoms with Crippen LogP contribution in [0.5, 0.6) is 0 Å². The molecule has 1 aromatic rings. The molecule has 1 unspecified atom stereocenters. The van der Waals surface area contributed by atoms with Gasteiger partial charge in [-0.2, -0.15) is 0 Å². The Morgan fingerprint density at radius 3 is 2.69 bits per heavy atom. The number of benzene rings is 1. The van der Waals surface area contributed by atoms with Crippen molar-refractivity contribution in [3.05, 3.63) is 34.3 Å². The first kappa shape index (κ1) is 12.1. The van der Waals surface area contributed by atoms with Gasteiger partial charge in [-0.25, -0.2) is 0 Å². The molecule has 1 saturated carbocycles. The second-order valence-corrected chi connectivity index (χ2v) is 6.20. The minimum atomic E-state index is -0.182. The van der Waals surface area contributed by atoms with Crippen LogP contribution in [0.1, 0.15) is 44.6 Å². The lowest BCUT2D eigenvalue weighted by atomic mass is 9.83. The second kappa shape index (κ2) is 4.89. The lowest BCUT2D eigenvalue weighted by Crippen LogP contribution is -2.34. The Morgan fingerprint density at radius 2 is 2.06 bits per heavy atom. The van der Waals surface area contributed by atoms with E-state index in [0.717, 1.165) is 16.8 Å². The predicted molar refractivity (Wildman–Crippen MR) is 72.3 cm³/mol. The van der Waals surface area contributed by atoms with Crippen LogP contribution in [0, 0.1) is 5.92 Å². The molecule has 2 N–H and O–H groups in total. The van der Waals surface area contributed by atoms with Crippen LogP contribution < -0.4 is 5.73 Å². The topological polar surface area (TPSA) is 26.0 Å². The standard InChI is InChI=1S/C14H20BrN/c1-14(16,10-11-5-2-3-6-11)12-7-4-8-13(15)9-12/h4,7-9,11H,2-3,5-6,10,16H2,1H3. The van der Waals surface area contributed by atoms with Gasteiger partial charge in [-0.15, -0.1) is 0 Å². The van der Waals surface area contributed by atoms with Crippen LogP contribution in [-0.4, -0.2) is 0 Å². The van der Waals surface area contributed by atoms with E-state index in [0.29, 0.717) is 0 Å². The van der Waals surface area contributed by atoms with Gasteiger partial charge in [0.2, 0.25) is 0 Å². The zero-order valence-electron chi connectivity index (χ0n) is 9.88. The molecule has 2 rings (SSSR count). The van der Waals surface area contributed by atoms with Gasteiger partial charge in [-0.3, -0.25) is 0 Å². The first-order valence-electron chi connectivity index (χ1n) is 6.13. The number of rotatable bonds is 3. The number of nitrogens with two attached hydrogens (primary N) is 1. The van der Waals surface area contributed by atoms with Crippen LogP contribution >= 0.6 is 15.9 Å². The molecule has 2 heteroatoms. The second-order valence-electron chi connectivity index (χ2n) is 5.28. The molecule has 0 radical (unpaired) electrons. The van der Waals surface area contributed by atoms with Gasteiger partial charge in [-0.05, 0) is 37.0 Å². The van der Waals surface area contributed by atoms with Gasteiger partial charge < -0.3 is 5.73 Å². The highest BCUT2D eigenvalue weighted by molar-refractivity contribution is 9.10. The monoisotopic (exact) mass is 281 g/mol. The zero-order chi connectivity index (χ0) is 11.6. The van der Waals surface area contributed by atoms with E-state index in [4.69, 9.17) is 5.73 Å².